The van der Waals surface area contributed by atoms with E-state index in [1.165, 1.54) is 30.8 Å². The fourth-order valence-corrected chi connectivity index (χ4v) is 3.63. The molecule has 1 aromatic heterocycles. The molecule has 2 heterocycles. The highest BCUT2D eigenvalue weighted by Gasteiger charge is 2.22. The summed E-state index contributed by atoms with van der Waals surface area (Å²) in [7, 11) is 0. The summed E-state index contributed by atoms with van der Waals surface area (Å²) in [6, 6.07) is 1.90. The largest absolute Gasteiger partial charge is 0.397 e. The first-order valence-corrected chi connectivity index (χ1v) is 8.22. The van der Waals surface area contributed by atoms with E-state index < -0.39 is 0 Å². The Morgan fingerprint density at radius 2 is 2.35 bits per heavy atom. The van der Waals surface area contributed by atoms with Crippen molar-refractivity contribution < 1.29 is 4.79 Å². The average Bonchev–Trinajstić information content (AvgIpc) is 3.01. The van der Waals surface area contributed by atoms with E-state index in [0.29, 0.717) is 16.5 Å². The monoisotopic (exact) mass is 295 g/mol. The number of hydrogen-bond donors (Lipinski definition) is 2. The van der Waals surface area contributed by atoms with Crippen LogP contribution in [0.4, 0.5) is 10.7 Å². The predicted molar refractivity (Wildman–Crippen MR) is 86.6 cm³/mol. The second kappa shape index (κ2) is 6.59. The molecule has 1 aromatic rings. The fourth-order valence-electron chi connectivity index (χ4n) is 2.56. The predicted octanol–water partition coefficient (Wildman–Crippen LogP) is 2.92. The molecule has 1 aliphatic rings. The van der Waals surface area contributed by atoms with E-state index in [4.69, 9.17) is 5.73 Å². The Hall–Kier alpha value is -1.07. The van der Waals surface area contributed by atoms with Gasteiger partial charge in [-0.3, -0.25) is 4.79 Å². The summed E-state index contributed by atoms with van der Waals surface area (Å²) in [5.74, 6) is 0.831. The van der Waals surface area contributed by atoms with Gasteiger partial charge in [0.2, 0.25) is 0 Å². The molecule has 3 N–H and O–H groups in total. The van der Waals surface area contributed by atoms with E-state index in [-0.39, 0.29) is 11.7 Å². The van der Waals surface area contributed by atoms with E-state index in [1.807, 2.05) is 19.9 Å². The van der Waals surface area contributed by atoms with Crippen LogP contribution in [0.5, 0.6) is 0 Å². The van der Waals surface area contributed by atoms with Gasteiger partial charge < -0.3 is 16.0 Å². The number of hydrogen-bond acceptors (Lipinski definition) is 5. The lowest BCUT2D eigenvalue weighted by Crippen LogP contribution is -2.22. The maximum atomic E-state index is 12.0. The lowest BCUT2D eigenvalue weighted by molar-refractivity contribution is 0.0944. The number of likely N-dealkylation sites (tertiary alicyclic amines) is 1. The number of carbonyl (C=O) groups excluding carboxylic acids is 1. The third-order valence-corrected chi connectivity index (χ3v) is 5.01. The lowest BCUT2D eigenvalue weighted by atomic mass is 10.1. The van der Waals surface area contributed by atoms with Crippen molar-refractivity contribution in [1.82, 2.24) is 4.90 Å². The molecule has 1 atom stereocenters. The van der Waals surface area contributed by atoms with Gasteiger partial charge in [-0.2, -0.15) is 0 Å². The van der Waals surface area contributed by atoms with Gasteiger partial charge >= 0.3 is 0 Å². The molecule has 0 aromatic carbocycles. The van der Waals surface area contributed by atoms with E-state index in [0.717, 1.165) is 18.1 Å². The third kappa shape index (κ3) is 3.52. The quantitative estimate of drug-likeness (QED) is 0.792. The molecule has 5 heteroatoms. The number of ketones is 1. The Balaban J connectivity index is 1.91. The molecule has 1 saturated heterocycles. The van der Waals surface area contributed by atoms with Gasteiger partial charge in [-0.25, -0.2) is 0 Å². The van der Waals surface area contributed by atoms with Crippen molar-refractivity contribution in [2.24, 2.45) is 11.8 Å². The third-order valence-electron chi connectivity index (χ3n) is 3.89. The molecule has 4 nitrogen and oxygen atoms in total. The minimum Gasteiger partial charge on any atom is -0.397 e. The number of thiophene rings is 1. The van der Waals surface area contributed by atoms with E-state index in [1.54, 1.807) is 0 Å². The highest BCUT2D eigenvalue weighted by atomic mass is 32.1. The summed E-state index contributed by atoms with van der Waals surface area (Å²) in [5.41, 5.74) is 6.56. The van der Waals surface area contributed by atoms with Crippen molar-refractivity contribution in [2.75, 3.05) is 37.2 Å². The summed E-state index contributed by atoms with van der Waals surface area (Å²) < 4.78 is 0. The molecule has 0 radical (unpaired) electrons. The highest BCUT2D eigenvalue weighted by Crippen LogP contribution is 2.31. The Kier molecular flexibility index (Phi) is 5.05. The Morgan fingerprint density at radius 3 is 2.95 bits per heavy atom. The van der Waals surface area contributed by atoms with Crippen molar-refractivity contribution in [3.05, 3.63) is 10.9 Å². The number of nitrogen functional groups attached to an aromatic ring is 1. The summed E-state index contributed by atoms with van der Waals surface area (Å²) in [5, 5.41) is 4.46. The second-order valence-electron chi connectivity index (χ2n) is 5.84. The van der Waals surface area contributed by atoms with Gasteiger partial charge in [0, 0.05) is 19.0 Å². The smallest absolute Gasteiger partial charge is 0.177 e. The normalized spacial score (nSPS) is 19.7. The van der Waals surface area contributed by atoms with Gasteiger partial charge in [-0.1, -0.05) is 20.8 Å². The molecule has 1 unspecified atom stereocenters. The van der Waals surface area contributed by atoms with Crippen molar-refractivity contribution in [2.45, 2.75) is 27.2 Å². The molecular weight excluding hydrogens is 270 g/mol. The van der Waals surface area contributed by atoms with Crippen LogP contribution in [0.15, 0.2) is 6.07 Å². The first-order valence-electron chi connectivity index (χ1n) is 7.41. The first kappa shape index (κ1) is 15.3. The minimum atomic E-state index is -0.00301. The van der Waals surface area contributed by atoms with Crippen LogP contribution in [0.3, 0.4) is 0 Å². The van der Waals surface area contributed by atoms with Crippen molar-refractivity contribution >= 4 is 27.8 Å². The average molecular weight is 295 g/mol. The maximum Gasteiger partial charge on any atom is 0.177 e. The van der Waals surface area contributed by atoms with Gasteiger partial charge in [0.05, 0.1) is 15.6 Å². The zero-order valence-corrected chi connectivity index (χ0v) is 13.4. The molecule has 0 aliphatic carbocycles. The summed E-state index contributed by atoms with van der Waals surface area (Å²) in [4.78, 5) is 15.2. The Morgan fingerprint density at radius 1 is 1.60 bits per heavy atom. The molecular formula is C15H25N3OS. The SMILES string of the molecule is CCN1CCC(CNc2cc(N)c(C(=O)C(C)C)s2)C1. The van der Waals surface area contributed by atoms with Crippen LogP contribution in [-0.2, 0) is 0 Å². The Bertz CT molecular complexity index is 470. The van der Waals surface area contributed by atoms with Gasteiger partial charge in [-0.05, 0) is 31.5 Å². The van der Waals surface area contributed by atoms with Gasteiger partial charge in [0.25, 0.3) is 0 Å². The van der Waals surface area contributed by atoms with Crippen LogP contribution < -0.4 is 11.1 Å². The summed E-state index contributed by atoms with van der Waals surface area (Å²) in [6.45, 7) is 10.5. The Labute approximate surface area is 125 Å². The minimum absolute atomic E-state index is 0.00301. The summed E-state index contributed by atoms with van der Waals surface area (Å²) >= 11 is 1.49. The molecule has 1 fully saturated rings. The van der Waals surface area contributed by atoms with Crippen LogP contribution in [0.1, 0.15) is 36.9 Å². The van der Waals surface area contributed by atoms with E-state index in [2.05, 4.69) is 17.1 Å². The molecule has 2 rings (SSSR count). The van der Waals surface area contributed by atoms with Gasteiger partial charge in [0.15, 0.2) is 5.78 Å². The number of carbonyl (C=O) groups is 1. The summed E-state index contributed by atoms with van der Waals surface area (Å²) in [6.07, 6.45) is 1.25. The molecule has 0 bridgehead atoms. The van der Waals surface area contributed by atoms with Gasteiger partial charge in [0.1, 0.15) is 0 Å². The van der Waals surface area contributed by atoms with Crippen molar-refractivity contribution in [3.8, 4) is 0 Å². The number of anilines is 2. The first-order chi connectivity index (χ1) is 9.51. The lowest BCUT2D eigenvalue weighted by Gasteiger charge is -2.13. The number of Topliss-reactive ketones (excluding diaryl/α,β-unsaturated/α-hetero) is 1. The number of nitrogens with zero attached hydrogens (tertiary/aromatic N) is 1. The fraction of sp³-hybridized carbons (Fsp3) is 0.667. The molecule has 1 aliphatic heterocycles. The van der Waals surface area contributed by atoms with E-state index in [9.17, 15) is 4.79 Å². The number of nitrogens with one attached hydrogen (secondary N) is 1. The van der Waals surface area contributed by atoms with Crippen LogP contribution in [0.2, 0.25) is 0 Å². The topological polar surface area (TPSA) is 58.4 Å². The number of nitrogens with two attached hydrogens (primary N) is 1. The number of rotatable bonds is 6. The molecule has 0 amide bonds. The molecule has 0 saturated carbocycles. The van der Waals surface area contributed by atoms with Crippen LogP contribution in [0, 0.1) is 11.8 Å². The molecule has 0 spiro atoms. The zero-order valence-electron chi connectivity index (χ0n) is 12.6. The van der Waals surface area contributed by atoms with Crippen LogP contribution in [0.25, 0.3) is 0 Å². The van der Waals surface area contributed by atoms with Crippen LogP contribution in [-0.4, -0.2) is 36.9 Å². The maximum absolute atomic E-state index is 12.0. The zero-order chi connectivity index (χ0) is 14.7. The van der Waals surface area contributed by atoms with Crippen LogP contribution >= 0.6 is 11.3 Å². The van der Waals surface area contributed by atoms with Crippen molar-refractivity contribution in [1.29, 1.82) is 0 Å². The second-order valence-corrected chi connectivity index (χ2v) is 6.90. The van der Waals surface area contributed by atoms with Crippen molar-refractivity contribution in [3.63, 3.8) is 0 Å². The molecule has 112 valence electrons. The highest BCUT2D eigenvalue weighted by molar-refractivity contribution is 7.18. The van der Waals surface area contributed by atoms with E-state index >= 15 is 0 Å². The molecule has 20 heavy (non-hydrogen) atoms. The van der Waals surface area contributed by atoms with Gasteiger partial charge in [-0.15, -0.1) is 11.3 Å². The standard InChI is InChI=1S/C15H25N3OS/c1-4-18-6-5-11(9-18)8-17-13-7-12(16)15(20-13)14(19)10(2)3/h7,10-11,17H,4-6,8-9,16H2,1-3H3.